The smallest absolute Gasteiger partial charge is 0.249 e. The Balaban J connectivity index is 1.72. The van der Waals surface area contributed by atoms with Crippen LogP contribution in [-0.4, -0.2) is 59.7 Å². The average Bonchev–Trinajstić information content (AvgIpc) is 3.36. The molecule has 0 bridgehead atoms. The van der Waals surface area contributed by atoms with Crippen LogP contribution in [-0.2, 0) is 21.2 Å². The van der Waals surface area contributed by atoms with Gasteiger partial charge in [-0.25, -0.2) is 26.3 Å². The van der Waals surface area contributed by atoms with E-state index in [2.05, 4.69) is 6.07 Å². The van der Waals surface area contributed by atoms with Crippen LogP contribution in [0.3, 0.4) is 0 Å². The van der Waals surface area contributed by atoms with Gasteiger partial charge < -0.3 is 15.7 Å². The third-order valence-corrected chi connectivity index (χ3v) is 10.8. The first-order valence-electron chi connectivity index (χ1n) is 14.8. The summed E-state index contributed by atoms with van der Waals surface area (Å²) in [5, 5.41) is 25.7. The van der Waals surface area contributed by atoms with Crippen molar-refractivity contribution in [3.63, 3.8) is 0 Å². The van der Waals surface area contributed by atoms with Gasteiger partial charge in [0.1, 0.15) is 5.82 Å². The standard InChI is InChI=1S/C32H36F3N5O4S/c1-20(2)26(17-36)32(30(37)42)19-31(34,35)12-11-25(32)29-28(27(18-41)40(38-29)24-9-5-22(33)6-10-24)21-3-7-23(8-4-21)39-13-15-45(43,44)16-14-39/h3-10,20,25-26,41H,11-16,18-19H2,1-2H3,(H2,37,42)/t25?,26-,32?/m0/s1. The van der Waals surface area contributed by atoms with Gasteiger partial charge in [0.2, 0.25) is 11.8 Å². The molecule has 9 nitrogen and oxygen atoms in total. The molecule has 1 saturated carbocycles. The van der Waals surface area contributed by atoms with Crippen LogP contribution in [0.5, 0.6) is 0 Å². The molecule has 3 atom stereocenters. The highest BCUT2D eigenvalue weighted by Crippen LogP contribution is 2.59. The number of benzene rings is 2. The number of hydrogen-bond acceptors (Lipinski definition) is 7. The number of sulfone groups is 1. The Kier molecular flexibility index (Phi) is 8.76. The highest BCUT2D eigenvalue weighted by atomic mass is 32.2. The van der Waals surface area contributed by atoms with Crippen LogP contribution in [0.15, 0.2) is 48.5 Å². The molecule has 0 radical (unpaired) electrons. The number of halogens is 3. The minimum Gasteiger partial charge on any atom is -0.390 e. The van der Waals surface area contributed by atoms with Crippen LogP contribution in [0.1, 0.15) is 50.4 Å². The summed E-state index contributed by atoms with van der Waals surface area (Å²) in [6.45, 7) is 3.50. The van der Waals surface area contributed by atoms with Gasteiger partial charge in [-0.3, -0.25) is 4.79 Å². The molecule has 13 heteroatoms. The Hall–Kier alpha value is -3.89. The van der Waals surface area contributed by atoms with Crippen molar-refractivity contribution in [2.45, 2.75) is 51.6 Å². The number of primary amides is 1. The molecule has 240 valence electrons. The minimum atomic E-state index is -3.25. The number of aliphatic hydroxyl groups excluding tert-OH is 1. The van der Waals surface area contributed by atoms with Crippen LogP contribution in [0, 0.1) is 34.4 Å². The van der Waals surface area contributed by atoms with Crippen molar-refractivity contribution in [2.24, 2.45) is 23.0 Å². The molecule has 2 fully saturated rings. The zero-order chi connectivity index (χ0) is 32.7. The highest BCUT2D eigenvalue weighted by Gasteiger charge is 2.61. The number of aliphatic hydroxyl groups is 1. The molecule has 1 saturated heterocycles. The quantitative estimate of drug-likeness (QED) is 0.366. The van der Waals surface area contributed by atoms with Gasteiger partial charge in [0.05, 0.1) is 52.6 Å². The van der Waals surface area contributed by atoms with Crippen molar-refractivity contribution < 1.29 is 31.5 Å². The summed E-state index contributed by atoms with van der Waals surface area (Å²) in [5.74, 6) is -7.35. The third kappa shape index (κ3) is 6.05. The molecule has 45 heavy (non-hydrogen) atoms. The molecule has 2 unspecified atom stereocenters. The Morgan fingerprint density at radius 2 is 1.71 bits per heavy atom. The monoisotopic (exact) mass is 643 g/mol. The van der Waals surface area contributed by atoms with Crippen LogP contribution in [0.4, 0.5) is 18.9 Å². The van der Waals surface area contributed by atoms with Gasteiger partial charge in [-0.15, -0.1) is 0 Å². The van der Waals surface area contributed by atoms with E-state index in [1.165, 1.54) is 28.9 Å². The SMILES string of the molecule is CC(C)[C@H](C#N)C1(C(N)=O)CC(F)(F)CCC1c1nn(-c2ccc(F)cc2)c(CO)c1-c1ccc(N2CCS(=O)(=O)CC2)cc1. The maximum atomic E-state index is 15.2. The van der Waals surface area contributed by atoms with Gasteiger partial charge in [0.25, 0.3) is 0 Å². The van der Waals surface area contributed by atoms with Crippen molar-refractivity contribution in [1.29, 1.82) is 5.26 Å². The summed E-state index contributed by atoms with van der Waals surface area (Å²) in [6, 6.07) is 14.6. The van der Waals surface area contributed by atoms with E-state index in [1.54, 1.807) is 38.1 Å². The fraction of sp³-hybridized carbons (Fsp3) is 0.469. The maximum Gasteiger partial charge on any atom is 0.249 e. The first-order chi connectivity index (χ1) is 21.2. The molecule has 0 spiro atoms. The second-order valence-electron chi connectivity index (χ2n) is 12.3. The lowest BCUT2D eigenvalue weighted by molar-refractivity contribution is -0.152. The number of amides is 1. The number of alkyl halides is 2. The van der Waals surface area contributed by atoms with E-state index in [4.69, 9.17) is 10.8 Å². The summed E-state index contributed by atoms with van der Waals surface area (Å²) >= 11 is 0. The first kappa shape index (κ1) is 32.5. The molecule has 2 aliphatic rings. The Morgan fingerprint density at radius 3 is 2.24 bits per heavy atom. The Morgan fingerprint density at radius 1 is 1.11 bits per heavy atom. The zero-order valence-electron chi connectivity index (χ0n) is 25.1. The predicted molar refractivity (Wildman–Crippen MR) is 163 cm³/mol. The second-order valence-corrected chi connectivity index (χ2v) is 14.6. The molecule has 3 aromatic rings. The molecule has 2 heterocycles. The Bertz CT molecular complexity index is 1700. The molecule has 1 amide bonds. The first-order valence-corrected chi connectivity index (χ1v) is 16.7. The van der Waals surface area contributed by atoms with Gasteiger partial charge in [0, 0.05) is 43.1 Å². The maximum absolute atomic E-state index is 15.2. The number of rotatable bonds is 8. The molecule has 2 aromatic carbocycles. The third-order valence-electron chi connectivity index (χ3n) is 9.22. The second kappa shape index (κ2) is 12.1. The van der Waals surface area contributed by atoms with E-state index < -0.39 is 70.1 Å². The summed E-state index contributed by atoms with van der Waals surface area (Å²) < 4.78 is 69.5. The van der Waals surface area contributed by atoms with Crippen molar-refractivity contribution in [3.05, 3.63) is 65.7 Å². The molecule has 3 N–H and O–H groups in total. The molecule has 1 aromatic heterocycles. The number of carbonyl (C=O) groups is 1. The van der Waals surface area contributed by atoms with Gasteiger partial charge in [-0.2, -0.15) is 10.4 Å². The number of nitrogens with zero attached hydrogens (tertiary/aromatic N) is 4. The molecular weight excluding hydrogens is 607 g/mol. The normalized spacial score (nSPS) is 23.4. The summed E-state index contributed by atoms with van der Waals surface area (Å²) in [6.07, 6.45) is -1.68. The van der Waals surface area contributed by atoms with Crippen LogP contribution < -0.4 is 10.6 Å². The lowest BCUT2D eigenvalue weighted by atomic mass is 9.55. The van der Waals surface area contributed by atoms with E-state index in [9.17, 15) is 28.0 Å². The fourth-order valence-corrected chi connectivity index (χ4v) is 8.21. The van der Waals surface area contributed by atoms with Crippen LogP contribution in [0.25, 0.3) is 16.8 Å². The van der Waals surface area contributed by atoms with E-state index in [-0.39, 0.29) is 29.3 Å². The lowest BCUT2D eigenvalue weighted by Gasteiger charge is -2.47. The van der Waals surface area contributed by atoms with Crippen molar-refractivity contribution in [3.8, 4) is 22.9 Å². The van der Waals surface area contributed by atoms with Crippen LogP contribution in [0.2, 0.25) is 0 Å². The highest BCUT2D eigenvalue weighted by molar-refractivity contribution is 7.91. The predicted octanol–water partition coefficient (Wildman–Crippen LogP) is 4.58. The van der Waals surface area contributed by atoms with Gasteiger partial charge in [0.15, 0.2) is 9.84 Å². The number of nitriles is 1. The largest absolute Gasteiger partial charge is 0.390 e. The number of carbonyl (C=O) groups excluding carboxylic acids is 1. The van der Waals surface area contributed by atoms with Crippen LogP contribution >= 0.6 is 0 Å². The number of hydrogen-bond donors (Lipinski definition) is 2. The van der Waals surface area contributed by atoms with Crippen molar-refractivity contribution in [1.82, 2.24) is 9.78 Å². The number of anilines is 1. The molecular formula is C32H36F3N5O4S. The average molecular weight is 644 g/mol. The summed E-state index contributed by atoms with van der Waals surface area (Å²) in [4.78, 5) is 15.3. The number of nitrogens with two attached hydrogens (primary N) is 1. The number of aromatic nitrogens is 2. The lowest BCUT2D eigenvalue weighted by Crippen LogP contribution is -2.54. The van der Waals surface area contributed by atoms with Crippen molar-refractivity contribution in [2.75, 3.05) is 29.5 Å². The molecule has 5 rings (SSSR count). The Labute approximate surface area is 260 Å². The fourth-order valence-electron chi connectivity index (χ4n) is 7.01. The van der Waals surface area contributed by atoms with Gasteiger partial charge >= 0.3 is 0 Å². The molecule has 1 aliphatic heterocycles. The van der Waals surface area contributed by atoms with E-state index in [0.717, 1.165) is 5.69 Å². The van der Waals surface area contributed by atoms with E-state index in [1.807, 2.05) is 4.90 Å². The summed E-state index contributed by atoms with van der Waals surface area (Å²) in [5.41, 5.74) is 6.65. The minimum absolute atomic E-state index is 0.0371. The van der Waals surface area contributed by atoms with Gasteiger partial charge in [-0.05, 0) is 54.3 Å². The summed E-state index contributed by atoms with van der Waals surface area (Å²) in [7, 11) is -3.09. The van der Waals surface area contributed by atoms with Gasteiger partial charge in [-0.1, -0.05) is 26.0 Å². The van der Waals surface area contributed by atoms with E-state index in [0.29, 0.717) is 29.9 Å². The molecule has 1 aliphatic carbocycles. The topological polar surface area (TPSA) is 142 Å². The van der Waals surface area contributed by atoms with Crippen molar-refractivity contribution >= 4 is 21.4 Å². The zero-order valence-corrected chi connectivity index (χ0v) is 25.9. The van der Waals surface area contributed by atoms with E-state index >= 15 is 8.78 Å².